The third-order valence-corrected chi connectivity index (χ3v) is 2.31. The van der Waals surface area contributed by atoms with Crippen molar-refractivity contribution in [3.05, 3.63) is 35.9 Å². The summed E-state index contributed by atoms with van der Waals surface area (Å²) in [6.45, 7) is 2.06. The zero-order chi connectivity index (χ0) is 11.6. The molecular formula is C15H18O. The van der Waals surface area contributed by atoms with Crippen molar-refractivity contribution in [3.8, 4) is 11.8 Å². The van der Waals surface area contributed by atoms with E-state index < -0.39 is 0 Å². The zero-order valence-electron chi connectivity index (χ0n) is 9.83. The van der Waals surface area contributed by atoms with Gasteiger partial charge in [-0.1, -0.05) is 43.2 Å². The van der Waals surface area contributed by atoms with Crippen LogP contribution in [-0.4, -0.2) is 5.78 Å². The number of hydrogen-bond donors (Lipinski definition) is 0. The molecule has 0 unspecified atom stereocenters. The number of unbranched alkanes of at least 4 members (excludes halogenated alkanes) is 1. The van der Waals surface area contributed by atoms with Crippen LogP contribution < -0.4 is 0 Å². The Morgan fingerprint density at radius 2 is 2.00 bits per heavy atom. The first-order valence-electron chi connectivity index (χ1n) is 5.88. The largest absolute Gasteiger partial charge is 0.285 e. The third-order valence-electron chi connectivity index (χ3n) is 2.31. The molecule has 0 atom stereocenters. The molecule has 0 N–H and O–H groups in total. The zero-order valence-corrected chi connectivity index (χ0v) is 9.83. The summed E-state index contributed by atoms with van der Waals surface area (Å²) in [5.74, 6) is 5.64. The molecule has 0 bridgehead atoms. The standard InChI is InChI=1S/C15H18O/c1-2-3-5-12-15(16)13-8-11-14-9-6-4-7-10-14/h4,6-7,9-10H,2-3,8,11,13H2,1H3. The van der Waals surface area contributed by atoms with Crippen molar-refractivity contribution in [1.82, 2.24) is 0 Å². The van der Waals surface area contributed by atoms with E-state index in [1.165, 1.54) is 5.56 Å². The van der Waals surface area contributed by atoms with E-state index >= 15 is 0 Å². The molecule has 0 heterocycles. The molecule has 1 heteroatoms. The molecule has 1 rings (SSSR count). The Morgan fingerprint density at radius 3 is 2.69 bits per heavy atom. The van der Waals surface area contributed by atoms with E-state index in [0.29, 0.717) is 6.42 Å². The SMILES string of the molecule is CCCC#CC(=O)CCCc1ccccc1. The predicted octanol–water partition coefficient (Wildman–Crippen LogP) is 3.38. The first-order valence-corrected chi connectivity index (χ1v) is 5.88. The second-order valence-electron chi connectivity index (χ2n) is 3.81. The van der Waals surface area contributed by atoms with Crippen LogP contribution in [-0.2, 0) is 11.2 Å². The summed E-state index contributed by atoms with van der Waals surface area (Å²) in [6, 6.07) is 10.2. The second kappa shape index (κ2) is 7.70. The second-order valence-corrected chi connectivity index (χ2v) is 3.81. The lowest BCUT2D eigenvalue weighted by molar-refractivity contribution is -0.113. The average Bonchev–Trinajstić information content (AvgIpc) is 2.31. The van der Waals surface area contributed by atoms with E-state index in [1.807, 2.05) is 18.2 Å². The van der Waals surface area contributed by atoms with Gasteiger partial charge in [0.05, 0.1) is 0 Å². The molecule has 1 nitrogen and oxygen atoms in total. The maximum atomic E-state index is 11.3. The molecule has 0 aliphatic carbocycles. The van der Waals surface area contributed by atoms with Crippen LogP contribution in [0.5, 0.6) is 0 Å². The first-order chi connectivity index (χ1) is 7.83. The number of hydrogen-bond acceptors (Lipinski definition) is 1. The molecule has 0 aromatic heterocycles. The molecule has 0 saturated heterocycles. The monoisotopic (exact) mass is 214 g/mol. The van der Waals surface area contributed by atoms with Crippen molar-refractivity contribution < 1.29 is 4.79 Å². The Kier molecular flexibility index (Phi) is 6.03. The topological polar surface area (TPSA) is 17.1 Å². The summed E-state index contributed by atoms with van der Waals surface area (Å²) >= 11 is 0. The molecule has 0 radical (unpaired) electrons. The van der Waals surface area contributed by atoms with Gasteiger partial charge >= 0.3 is 0 Å². The predicted molar refractivity (Wildman–Crippen MR) is 67.1 cm³/mol. The van der Waals surface area contributed by atoms with E-state index in [9.17, 15) is 4.79 Å². The van der Waals surface area contributed by atoms with Gasteiger partial charge in [0.1, 0.15) is 0 Å². The Labute approximate surface area is 97.9 Å². The van der Waals surface area contributed by atoms with Crippen LogP contribution in [0.3, 0.4) is 0 Å². The summed E-state index contributed by atoms with van der Waals surface area (Å²) in [6.07, 6.45) is 4.27. The van der Waals surface area contributed by atoms with Crippen molar-refractivity contribution in [1.29, 1.82) is 0 Å². The Bertz CT molecular complexity index is 367. The van der Waals surface area contributed by atoms with Crippen molar-refractivity contribution in [3.63, 3.8) is 0 Å². The van der Waals surface area contributed by atoms with E-state index in [0.717, 1.165) is 25.7 Å². The van der Waals surface area contributed by atoms with Crippen LogP contribution in [0, 0.1) is 11.8 Å². The quantitative estimate of drug-likeness (QED) is 0.542. The molecule has 16 heavy (non-hydrogen) atoms. The van der Waals surface area contributed by atoms with Gasteiger partial charge in [-0.15, -0.1) is 0 Å². The highest BCUT2D eigenvalue weighted by molar-refractivity contribution is 5.95. The molecule has 1 aromatic carbocycles. The van der Waals surface area contributed by atoms with Crippen molar-refractivity contribution in [2.45, 2.75) is 39.0 Å². The number of benzene rings is 1. The van der Waals surface area contributed by atoms with Gasteiger partial charge in [-0.3, -0.25) is 4.79 Å². The van der Waals surface area contributed by atoms with E-state index in [-0.39, 0.29) is 5.78 Å². The maximum Gasteiger partial charge on any atom is 0.205 e. The smallest absolute Gasteiger partial charge is 0.205 e. The Balaban J connectivity index is 2.21. The first kappa shape index (κ1) is 12.5. The highest BCUT2D eigenvalue weighted by Gasteiger charge is 1.97. The minimum Gasteiger partial charge on any atom is -0.285 e. The number of rotatable bonds is 5. The lowest BCUT2D eigenvalue weighted by Gasteiger charge is -1.97. The van der Waals surface area contributed by atoms with Gasteiger partial charge in [-0.05, 0) is 30.7 Å². The molecule has 1 aromatic rings. The number of ketones is 1. The van der Waals surface area contributed by atoms with Crippen LogP contribution in [0.25, 0.3) is 0 Å². The Hall–Kier alpha value is -1.55. The van der Waals surface area contributed by atoms with Crippen LogP contribution in [0.1, 0.15) is 38.2 Å². The van der Waals surface area contributed by atoms with Crippen molar-refractivity contribution >= 4 is 5.78 Å². The number of Topliss-reactive ketones (excluding diaryl/α,β-unsaturated/α-hetero) is 1. The number of aryl methyl sites for hydroxylation is 1. The highest BCUT2D eigenvalue weighted by atomic mass is 16.1. The van der Waals surface area contributed by atoms with E-state index in [2.05, 4.69) is 30.9 Å². The van der Waals surface area contributed by atoms with Gasteiger partial charge in [0.25, 0.3) is 0 Å². The molecule has 0 saturated carbocycles. The lowest BCUT2D eigenvalue weighted by Crippen LogP contribution is -1.95. The van der Waals surface area contributed by atoms with Gasteiger partial charge in [0.2, 0.25) is 5.78 Å². The van der Waals surface area contributed by atoms with Crippen molar-refractivity contribution in [2.75, 3.05) is 0 Å². The Morgan fingerprint density at radius 1 is 1.25 bits per heavy atom. The summed E-state index contributed by atoms with van der Waals surface area (Å²) in [5, 5.41) is 0. The van der Waals surface area contributed by atoms with Crippen LogP contribution in [0.2, 0.25) is 0 Å². The molecular weight excluding hydrogens is 196 g/mol. The number of carbonyl (C=O) groups is 1. The fraction of sp³-hybridized carbons (Fsp3) is 0.400. The lowest BCUT2D eigenvalue weighted by atomic mass is 10.1. The molecule has 0 spiro atoms. The maximum absolute atomic E-state index is 11.3. The van der Waals surface area contributed by atoms with E-state index in [4.69, 9.17) is 0 Å². The fourth-order valence-electron chi connectivity index (χ4n) is 1.45. The van der Waals surface area contributed by atoms with Gasteiger partial charge in [-0.2, -0.15) is 0 Å². The summed E-state index contributed by atoms with van der Waals surface area (Å²) in [7, 11) is 0. The van der Waals surface area contributed by atoms with Gasteiger partial charge in [0.15, 0.2) is 0 Å². The van der Waals surface area contributed by atoms with Crippen LogP contribution >= 0.6 is 0 Å². The van der Waals surface area contributed by atoms with Crippen molar-refractivity contribution in [2.24, 2.45) is 0 Å². The molecule has 0 aliphatic rings. The van der Waals surface area contributed by atoms with Gasteiger partial charge in [-0.25, -0.2) is 0 Å². The average molecular weight is 214 g/mol. The fourth-order valence-corrected chi connectivity index (χ4v) is 1.45. The summed E-state index contributed by atoms with van der Waals surface area (Å²) in [4.78, 5) is 11.3. The minimum absolute atomic E-state index is 0.0735. The number of carbonyl (C=O) groups excluding carboxylic acids is 1. The normalized spacial score (nSPS) is 9.31. The molecule has 0 amide bonds. The molecule has 84 valence electrons. The van der Waals surface area contributed by atoms with Crippen LogP contribution in [0.4, 0.5) is 0 Å². The summed E-state index contributed by atoms with van der Waals surface area (Å²) in [5.41, 5.74) is 1.29. The molecule has 0 fully saturated rings. The third kappa shape index (κ3) is 5.36. The minimum atomic E-state index is 0.0735. The van der Waals surface area contributed by atoms with Gasteiger partial charge in [0, 0.05) is 12.8 Å². The molecule has 0 aliphatic heterocycles. The summed E-state index contributed by atoms with van der Waals surface area (Å²) < 4.78 is 0. The van der Waals surface area contributed by atoms with Crippen LogP contribution in [0.15, 0.2) is 30.3 Å². The van der Waals surface area contributed by atoms with Gasteiger partial charge < -0.3 is 0 Å². The van der Waals surface area contributed by atoms with E-state index in [1.54, 1.807) is 0 Å². The highest BCUT2D eigenvalue weighted by Crippen LogP contribution is 2.04.